The zero-order chi connectivity index (χ0) is 15.5. The second kappa shape index (κ2) is 6.44. The van der Waals surface area contributed by atoms with E-state index in [1.54, 1.807) is 6.33 Å². The second-order valence-electron chi connectivity index (χ2n) is 5.67. The summed E-state index contributed by atoms with van der Waals surface area (Å²) in [5.41, 5.74) is 3.26. The average molecular weight is 316 g/mol. The summed E-state index contributed by atoms with van der Waals surface area (Å²) < 4.78 is 0. The van der Waals surface area contributed by atoms with Crippen molar-refractivity contribution in [2.45, 2.75) is 26.2 Å². The third kappa shape index (κ3) is 3.28. The highest BCUT2D eigenvalue weighted by atomic mass is 35.5. The van der Waals surface area contributed by atoms with Crippen molar-refractivity contribution in [3.05, 3.63) is 52.4 Å². The van der Waals surface area contributed by atoms with Crippen LogP contribution in [0, 0.1) is 6.92 Å². The molecule has 114 valence electrons. The topological polar surface area (TPSA) is 46.1 Å². The minimum absolute atomic E-state index is 0.327. The number of anilines is 1. The zero-order valence-electron chi connectivity index (χ0n) is 12.6. The molecule has 5 heteroatoms. The molecule has 1 aliphatic heterocycles. The first kappa shape index (κ1) is 15.0. The normalized spacial score (nSPS) is 15.2. The number of aryl methyl sites for hydroxylation is 1. The van der Waals surface area contributed by atoms with Gasteiger partial charge in [-0.25, -0.2) is 9.97 Å². The molecule has 0 unspecified atom stereocenters. The summed E-state index contributed by atoms with van der Waals surface area (Å²) in [6.45, 7) is 3.48. The Bertz CT molecular complexity index is 692. The first-order valence-electron chi connectivity index (χ1n) is 7.44. The Hall–Kier alpha value is -1.94. The Kier molecular flexibility index (Phi) is 4.39. The van der Waals surface area contributed by atoms with Gasteiger partial charge in [0.25, 0.3) is 0 Å². The van der Waals surface area contributed by atoms with Crippen LogP contribution < -0.4 is 4.90 Å². The molecular weight excluding hydrogens is 298 g/mol. The van der Waals surface area contributed by atoms with Crippen LogP contribution in [0.15, 0.2) is 30.7 Å². The summed E-state index contributed by atoms with van der Waals surface area (Å²) in [6.07, 6.45) is 5.28. The third-order valence-corrected chi connectivity index (χ3v) is 4.33. The number of carbonyl (C=O) groups is 1. The zero-order valence-corrected chi connectivity index (χ0v) is 13.3. The van der Waals surface area contributed by atoms with Gasteiger partial charge in [-0.2, -0.15) is 0 Å². The number of halogens is 1. The molecular formula is C17H18ClN3O. The van der Waals surface area contributed by atoms with Crippen molar-refractivity contribution < 1.29 is 4.79 Å². The molecule has 22 heavy (non-hydrogen) atoms. The fraction of sp³-hybridized carbons (Fsp3) is 0.353. The number of ketones is 1. The molecule has 4 nitrogen and oxygen atoms in total. The quantitative estimate of drug-likeness (QED) is 0.872. The van der Waals surface area contributed by atoms with Gasteiger partial charge in [0.2, 0.25) is 0 Å². The molecule has 0 N–H and O–H groups in total. The molecule has 1 saturated heterocycles. The summed E-state index contributed by atoms with van der Waals surface area (Å²) in [7, 11) is 0. The van der Waals surface area contributed by atoms with E-state index < -0.39 is 0 Å². The SMILES string of the molecule is Cc1ccc(Cc2cncnc2N2CCC(=O)CC2)c(Cl)c1. The van der Waals surface area contributed by atoms with Gasteiger partial charge in [0, 0.05) is 49.1 Å². The van der Waals surface area contributed by atoms with Crippen LogP contribution in [0.4, 0.5) is 5.82 Å². The molecule has 1 aromatic heterocycles. The van der Waals surface area contributed by atoms with E-state index in [1.807, 2.05) is 25.3 Å². The molecule has 0 aliphatic carbocycles. The van der Waals surface area contributed by atoms with E-state index >= 15 is 0 Å². The summed E-state index contributed by atoms with van der Waals surface area (Å²) in [5.74, 6) is 1.24. The summed E-state index contributed by atoms with van der Waals surface area (Å²) in [6, 6.07) is 6.08. The Balaban J connectivity index is 1.86. The van der Waals surface area contributed by atoms with Crippen molar-refractivity contribution in [1.29, 1.82) is 0 Å². The van der Waals surface area contributed by atoms with E-state index in [0.29, 0.717) is 25.0 Å². The van der Waals surface area contributed by atoms with Crippen molar-refractivity contribution >= 4 is 23.2 Å². The number of rotatable bonds is 3. The molecule has 2 heterocycles. The van der Waals surface area contributed by atoms with E-state index in [-0.39, 0.29) is 0 Å². The van der Waals surface area contributed by atoms with Crippen LogP contribution >= 0.6 is 11.6 Å². The molecule has 1 fully saturated rings. The average Bonchev–Trinajstić information content (AvgIpc) is 2.51. The number of piperidine rings is 1. The number of hydrogen-bond donors (Lipinski definition) is 0. The monoisotopic (exact) mass is 315 g/mol. The van der Waals surface area contributed by atoms with Gasteiger partial charge in [0.1, 0.15) is 17.9 Å². The lowest BCUT2D eigenvalue weighted by Crippen LogP contribution is -2.35. The molecule has 1 aliphatic rings. The lowest BCUT2D eigenvalue weighted by molar-refractivity contribution is -0.119. The number of nitrogens with zero attached hydrogens (tertiary/aromatic N) is 3. The molecule has 0 spiro atoms. The maximum Gasteiger partial charge on any atom is 0.136 e. The first-order valence-corrected chi connectivity index (χ1v) is 7.82. The lowest BCUT2D eigenvalue weighted by Gasteiger charge is -2.28. The second-order valence-corrected chi connectivity index (χ2v) is 6.08. The summed E-state index contributed by atoms with van der Waals surface area (Å²) in [5, 5.41) is 0.767. The van der Waals surface area contributed by atoms with E-state index in [9.17, 15) is 4.79 Å². The van der Waals surface area contributed by atoms with E-state index in [2.05, 4.69) is 20.9 Å². The van der Waals surface area contributed by atoms with E-state index in [0.717, 1.165) is 40.6 Å². The Morgan fingerprint density at radius 2 is 2.00 bits per heavy atom. The minimum atomic E-state index is 0.327. The van der Waals surface area contributed by atoms with Crippen LogP contribution in [0.3, 0.4) is 0 Å². The highest BCUT2D eigenvalue weighted by molar-refractivity contribution is 6.31. The van der Waals surface area contributed by atoms with Gasteiger partial charge in [0.15, 0.2) is 0 Å². The number of benzene rings is 1. The highest BCUT2D eigenvalue weighted by Crippen LogP contribution is 2.26. The van der Waals surface area contributed by atoms with E-state index in [4.69, 9.17) is 11.6 Å². The predicted molar refractivity (Wildman–Crippen MR) is 87.5 cm³/mol. The molecule has 0 bridgehead atoms. The summed E-state index contributed by atoms with van der Waals surface area (Å²) >= 11 is 6.34. The molecule has 3 rings (SSSR count). The molecule has 0 atom stereocenters. The van der Waals surface area contributed by atoms with Crippen molar-refractivity contribution in [3.63, 3.8) is 0 Å². The fourth-order valence-electron chi connectivity index (χ4n) is 2.73. The summed E-state index contributed by atoms with van der Waals surface area (Å²) in [4.78, 5) is 22.2. The van der Waals surface area contributed by atoms with Gasteiger partial charge in [-0.1, -0.05) is 23.7 Å². The number of hydrogen-bond acceptors (Lipinski definition) is 4. The van der Waals surface area contributed by atoms with E-state index in [1.165, 1.54) is 0 Å². The molecule has 0 radical (unpaired) electrons. The van der Waals surface area contributed by atoms with Gasteiger partial charge in [-0.15, -0.1) is 0 Å². The first-order chi connectivity index (χ1) is 10.6. The smallest absolute Gasteiger partial charge is 0.136 e. The Labute approximate surface area is 135 Å². The van der Waals surface area contributed by atoms with Crippen molar-refractivity contribution in [1.82, 2.24) is 9.97 Å². The van der Waals surface area contributed by atoms with Gasteiger partial charge in [0.05, 0.1) is 0 Å². The van der Waals surface area contributed by atoms with Crippen LogP contribution in [0.5, 0.6) is 0 Å². The molecule has 0 saturated carbocycles. The number of aromatic nitrogens is 2. The number of Topliss-reactive ketones (excluding diaryl/α,β-unsaturated/α-hetero) is 1. The van der Waals surface area contributed by atoms with Gasteiger partial charge >= 0.3 is 0 Å². The van der Waals surface area contributed by atoms with Crippen molar-refractivity contribution in [2.75, 3.05) is 18.0 Å². The van der Waals surface area contributed by atoms with Crippen LogP contribution in [0.2, 0.25) is 5.02 Å². The van der Waals surface area contributed by atoms with Crippen molar-refractivity contribution in [2.24, 2.45) is 0 Å². The van der Waals surface area contributed by atoms with Crippen LogP contribution in [-0.4, -0.2) is 28.8 Å². The van der Waals surface area contributed by atoms with Gasteiger partial charge in [-0.3, -0.25) is 4.79 Å². The largest absolute Gasteiger partial charge is 0.355 e. The minimum Gasteiger partial charge on any atom is -0.355 e. The lowest BCUT2D eigenvalue weighted by atomic mass is 10.0. The van der Waals surface area contributed by atoms with Gasteiger partial charge < -0.3 is 4.90 Å². The van der Waals surface area contributed by atoms with Crippen LogP contribution in [-0.2, 0) is 11.2 Å². The Morgan fingerprint density at radius 1 is 1.23 bits per heavy atom. The van der Waals surface area contributed by atoms with Crippen molar-refractivity contribution in [3.8, 4) is 0 Å². The maximum absolute atomic E-state index is 11.4. The number of carbonyl (C=O) groups excluding carboxylic acids is 1. The predicted octanol–water partition coefficient (Wildman–Crippen LogP) is 3.20. The molecule has 2 aromatic rings. The van der Waals surface area contributed by atoms with Crippen LogP contribution in [0.1, 0.15) is 29.5 Å². The fourth-order valence-corrected chi connectivity index (χ4v) is 3.03. The molecule has 1 aromatic carbocycles. The standard InChI is InChI=1S/C17H18ClN3O/c1-12-2-3-13(16(18)8-12)9-14-10-19-11-20-17(14)21-6-4-15(22)5-7-21/h2-3,8,10-11H,4-7,9H2,1H3. The van der Waals surface area contributed by atoms with Crippen LogP contribution in [0.25, 0.3) is 0 Å². The Morgan fingerprint density at radius 3 is 2.73 bits per heavy atom. The highest BCUT2D eigenvalue weighted by Gasteiger charge is 2.20. The third-order valence-electron chi connectivity index (χ3n) is 3.97. The molecule has 0 amide bonds. The van der Waals surface area contributed by atoms with Gasteiger partial charge in [-0.05, 0) is 24.1 Å². The maximum atomic E-state index is 11.4.